The summed E-state index contributed by atoms with van der Waals surface area (Å²) in [5, 5.41) is 9.15. The number of rotatable bonds is 14. The average Bonchev–Trinajstić information content (AvgIpc) is 2.62. The molecule has 0 aromatic carbocycles. The predicted molar refractivity (Wildman–Crippen MR) is 98.5 cm³/mol. The van der Waals surface area contributed by atoms with Gasteiger partial charge in [-0.2, -0.15) is 5.26 Å². The first-order chi connectivity index (χ1) is 12.3. The van der Waals surface area contributed by atoms with Gasteiger partial charge in [0.15, 0.2) is 0 Å². The van der Waals surface area contributed by atoms with Crippen molar-refractivity contribution in [2.75, 3.05) is 33.0 Å². The third-order valence-corrected chi connectivity index (χ3v) is 4.57. The van der Waals surface area contributed by atoms with E-state index >= 15 is 0 Å². The number of nitriles is 1. The van der Waals surface area contributed by atoms with Crippen molar-refractivity contribution < 1.29 is 18.9 Å². The summed E-state index contributed by atoms with van der Waals surface area (Å²) < 4.78 is 24.2. The van der Waals surface area contributed by atoms with Gasteiger partial charge < -0.3 is 18.9 Å². The van der Waals surface area contributed by atoms with Gasteiger partial charge in [0.2, 0.25) is 0 Å². The second-order valence-electron chi connectivity index (χ2n) is 6.80. The Labute approximate surface area is 154 Å². The predicted octanol–water partition coefficient (Wildman–Crippen LogP) is 4.10. The van der Waals surface area contributed by atoms with E-state index in [0.29, 0.717) is 32.8 Å². The largest absolute Gasteiger partial charge is 0.379 e. The first-order valence-corrected chi connectivity index (χ1v) is 10.1. The van der Waals surface area contributed by atoms with Crippen molar-refractivity contribution >= 4 is 0 Å². The van der Waals surface area contributed by atoms with Crippen molar-refractivity contribution in [1.82, 2.24) is 0 Å². The summed E-state index contributed by atoms with van der Waals surface area (Å²) in [7, 11) is 0. The molecule has 0 bridgehead atoms. The molecule has 1 fully saturated rings. The second kappa shape index (κ2) is 14.5. The molecule has 0 aliphatic carbocycles. The zero-order valence-electron chi connectivity index (χ0n) is 16.4. The lowest BCUT2D eigenvalue weighted by atomic mass is 9.90. The van der Waals surface area contributed by atoms with E-state index in [2.05, 4.69) is 26.8 Å². The van der Waals surface area contributed by atoms with Crippen LogP contribution in [-0.2, 0) is 18.9 Å². The summed E-state index contributed by atoms with van der Waals surface area (Å²) in [5.74, 6) is 0.0698. The molecule has 0 N–H and O–H groups in total. The van der Waals surface area contributed by atoms with Crippen molar-refractivity contribution in [3.63, 3.8) is 0 Å². The Hall–Kier alpha value is -0.670. The van der Waals surface area contributed by atoms with E-state index in [1.54, 1.807) is 0 Å². The molecule has 0 aromatic rings. The van der Waals surface area contributed by atoms with Crippen LogP contribution in [0.1, 0.15) is 65.7 Å². The monoisotopic (exact) mass is 355 g/mol. The third-order valence-electron chi connectivity index (χ3n) is 4.57. The van der Waals surface area contributed by atoms with Crippen LogP contribution in [0.5, 0.6) is 0 Å². The zero-order valence-corrected chi connectivity index (χ0v) is 16.4. The molecule has 0 amide bonds. The molecular weight excluding hydrogens is 318 g/mol. The van der Waals surface area contributed by atoms with E-state index in [9.17, 15) is 0 Å². The highest BCUT2D eigenvalue weighted by atomic mass is 16.6. The van der Waals surface area contributed by atoms with Gasteiger partial charge in [-0.3, -0.25) is 0 Å². The Morgan fingerprint density at radius 1 is 0.920 bits per heavy atom. The minimum atomic E-state index is -0.155. The third kappa shape index (κ3) is 8.50. The van der Waals surface area contributed by atoms with Gasteiger partial charge in [-0.05, 0) is 19.3 Å². The number of hydrogen-bond donors (Lipinski definition) is 0. The summed E-state index contributed by atoms with van der Waals surface area (Å²) in [5.41, 5.74) is 0. The van der Waals surface area contributed by atoms with Crippen LogP contribution in [0.2, 0.25) is 0 Å². The van der Waals surface area contributed by atoms with Gasteiger partial charge in [-0.25, -0.2) is 0 Å². The van der Waals surface area contributed by atoms with E-state index in [0.717, 1.165) is 45.1 Å². The average molecular weight is 356 g/mol. The lowest BCUT2D eigenvalue weighted by Gasteiger charge is -2.42. The Morgan fingerprint density at radius 2 is 1.52 bits per heavy atom. The highest BCUT2D eigenvalue weighted by Crippen LogP contribution is 2.28. The van der Waals surface area contributed by atoms with Crippen LogP contribution in [0.25, 0.3) is 0 Å². The Bertz CT molecular complexity index is 358. The fourth-order valence-electron chi connectivity index (χ4n) is 2.96. The van der Waals surface area contributed by atoms with Crippen LogP contribution >= 0.6 is 0 Å². The van der Waals surface area contributed by atoms with Gasteiger partial charge in [-0.1, -0.05) is 40.0 Å². The van der Waals surface area contributed by atoms with Crippen molar-refractivity contribution in [2.45, 2.75) is 84.0 Å². The van der Waals surface area contributed by atoms with Gasteiger partial charge >= 0.3 is 0 Å². The Morgan fingerprint density at radius 3 is 2.12 bits per heavy atom. The summed E-state index contributed by atoms with van der Waals surface area (Å²) in [6.07, 6.45) is 6.49. The molecule has 1 aliphatic heterocycles. The highest BCUT2D eigenvalue weighted by molar-refractivity contribution is 4.93. The van der Waals surface area contributed by atoms with Crippen LogP contribution in [0.3, 0.4) is 0 Å². The molecule has 0 radical (unpaired) electrons. The topological polar surface area (TPSA) is 60.7 Å². The number of ether oxygens (including phenoxy) is 4. The number of hydrogen-bond acceptors (Lipinski definition) is 5. The van der Waals surface area contributed by atoms with Crippen LogP contribution in [0, 0.1) is 17.2 Å². The lowest BCUT2D eigenvalue weighted by molar-refractivity contribution is -0.212. The van der Waals surface area contributed by atoms with Crippen LogP contribution in [-0.4, -0.2) is 51.3 Å². The number of unbranched alkanes of at least 4 members (excludes halogenated alkanes) is 3. The molecule has 0 saturated carbocycles. The van der Waals surface area contributed by atoms with Gasteiger partial charge in [0, 0.05) is 32.2 Å². The molecule has 0 unspecified atom stereocenters. The molecule has 1 aliphatic rings. The van der Waals surface area contributed by atoms with E-state index in [4.69, 9.17) is 24.2 Å². The minimum Gasteiger partial charge on any atom is -0.379 e. The molecular formula is C20H37NO4. The smallest absolute Gasteiger partial charge is 0.112 e. The molecule has 4 atom stereocenters. The SMILES string of the molecule is CCCCOC[C@H]1OC[C@@H](CC#N)[C@@H](OCCCC)[C@H]1OCCCC. The normalized spacial score (nSPS) is 26.5. The van der Waals surface area contributed by atoms with Crippen molar-refractivity contribution in [3.8, 4) is 6.07 Å². The van der Waals surface area contributed by atoms with Crippen LogP contribution in [0.4, 0.5) is 0 Å². The van der Waals surface area contributed by atoms with Crippen LogP contribution < -0.4 is 0 Å². The maximum atomic E-state index is 9.15. The van der Waals surface area contributed by atoms with E-state index in [-0.39, 0.29) is 24.2 Å². The maximum Gasteiger partial charge on any atom is 0.112 e. The zero-order chi connectivity index (χ0) is 18.3. The second-order valence-corrected chi connectivity index (χ2v) is 6.80. The van der Waals surface area contributed by atoms with E-state index < -0.39 is 0 Å². The van der Waals surface area contributed by atoms with Gasteiger partial charge in [0.05, 0.1) is 25.4 Å². The molecule has 1 saturated heterocycles. The summed E-state index contributed by atoms with van der Waals surface area (Å²) in [6.45, 7) is 9.69. The van der Waals surface area contributed by atoms with Gasteiger partial charge in [0.25, 0.3) is 0 Å². The minimum absolute atomic E-state index is 0.0698. The standard InChI is InChI=1S/C20H37NO4/c1-4-7-12-22-16-18-20(24-14-9-6-3)19(23-13-8-5-2)17(10-11-21)15-25-18/h17-20H,4-10,12-16H2,1-3H3/t17-,18-,19-,20+/m1/s1. The molecule has 5 nitrogen and oxygen atoms in total. The fraction of sp³-hybridized carbons (Fsp3) is 0.950. The highest BCUT2D eigenvalue weighted by Gasteiger charge is 2.42. The molecule has 146 valence electrons. The fourth-order valence-corrected chi connectivity index (χ4v) is 2.96. The molecule has 0 spiro atoms. The molecule has 0 aromatic heterocycles. The molecule has 5 heteroatoms. The number of nitrogens with zero attached hydrogens (tertiary/aromatic N) is 1. The Kier molecular flexibility index (Phi) is 13.0. The molecule has 25 heavy (non-hydrogen) atoms. The summed E-state index contributed by atoms with van der Waals surface area (Å²) in [4.78, 5) is 0. The quantitative estimate of drug-likeness (QED) is 0.439. The summed E-state index contributed by atoms with van der Waals surface area (Å²) >= 11 is 0. The van der Waals surface area contributed by atoms with Crippen molar-refractivity contribution in [3.05, 3.63) is 0 Å². The Balaban J connectivity index is 2.71. The van der Waals surface area contributed by atoms with Crippen LogP contribution in [0.15, 0.2) is 0 Å². The maximum absolute atomic E-state index is 9.15. The first-order valence-electron chi connectivity index (χ1n) is 10.1. The lowest BCUT2D eigenvalue weighted by Crippen LogP contribution is -2.54. The van der Waals surface area contributed by atoms with E-state index in [1.807, 2.05) is 0 Å². The molecule has 1 rings (SSSR count). The summed E-state index contributed by atoms with van der Waals surface area (Å²) in [6, 6.07) is 2.27. The van der Waals surface area contributed by atoms with Gasteiger partial charge in [0.1, 0.15) is 12.2 Å². The van der Waals surface area contributed by atoms with E-state index in [1.165, 1.54) is 0 Å². The first kappa shape index (κ1) is 22.4. The molecule has 1 heterocycles. The van der Waals surface area contributed by atoms with Crippen molar-refractivity contribution in [1.29, 1.82) is 5.26 Å². The van der Waals surface area contributed by atoms with Crippen molar-refractivity contribution in [2.24, 2.45) is 5.92 Å². The van der Waals surface area contributed by atoms with Gasteiger partial charge in [-0.15, -0.1) is 0 Å².